The predicted octanol–water partition coefficient (Wildman–Crippen LogP) is 4.57. The van der Waals surface area contributed by atoms with Gasteiger partial charge in [0.2, 0.25) is 0 Å². The molecule has 0 spiro atoms. The summed E-state index contributed by atoms with van der Waals surface area (Å²) in [6, 6.07) is 0. The molecule has 0 radical (unpaired) electrons. The van der Waals surface area contributed by atoms with E-state index in [-0.39, 0.29) is 5.53 Å². The van der Waals surface area contributed by atoms with Crippen LogP contribution in [0.15, 0.2) is 0 Å². The molecule has 0 aromatic heterocycles. The fourth-order valence-electron chi connectivity index (χ4n) is 1.13. The maximum absolute atomic E-state index is 4.52. The fourth-order valence-corrected chi connectivity index (χ4v) is 11.3. The lowest BCUT2D eigenvalue weighted by molar-refractivity contribution is 0.682. The van der Waals surface area contributed by atoms with Gasteiger partial charge in [-0.3, -0.25) is 0 Å². The summed E-state index contributed by atoms with van der Waals surface area (Å²) in [5.41, 5.74) is -0.0325. The summed E-state index contributed by atoms with van der Waals surface area (Å²) in [6.45, 7) is 4.61. The van der Waals surface area contributed by atoms with E-state index >= 15 is 0 Å². The molecule has 0 saturated carbocycles. The van der Waals surface area contributed by atoms with Crippen molar-refractivity contribution in [1.82, 2.24) is 0 Å². The smallest absolute Gasteiger partial charge is 0.0703 e. The average molecular weight is 226 g/mol. The molecule has 0 aromatic rings. The van der Waals surface area contributed by atoms with E-state index in [1.165, 1.54) is 19.3 Å². The molecule has 66 valence electrons. The quantitative estimate of drug-likeness (QED) is 0.553. The van der Waals surface area contributed by atoms with Crippen molar-refractivity contribution in [2.75, 3.05) is 0 Å². The Morgan fingerprint density at radius 1 is 1.45 bits per heavy atom. The van der Waals surface area contributed by atoms with Crippen molar-refractivity contribution in [2.45, 2.75) is 43.6 Å². The molecule has 1 rings (SSSR count). The normalized spacial score (nSPS) is 37.9. The zero-order valence-electron chi connectivity index (χ0n) is 6.99. The van der Waals surface area contributed by atoms with Gasteiger partial charge in [0, 0.05) is 10.5 Å². The van der Waals surface area contributed by atoms with Crippen LogP contribution in [0.4, 0.5) is 0 Å². The molecule has 0 bridgehead atoms. The van der Waals surface area contributed by atoms with Crippen LogP contribution in [0.25, 0.3) is 0 Å². The van der Waals surface area contributed by atoms with Gasteiger partial charge in [-0.2, -0.15) is 0 Å². The van der Waals surface area contributed by atoms with Crippen LogP contribution in [0.2, 0.25) is 0 Å². The van der Waals surface area contributed by atoms with Crippen molar-refractivity contribution in [3.8, 4) is 0 Å². The van der Waals surface area contributed by atoms with Gasteiger partial charge in [-0.15, -0.1) is 35.0 Å². The number of thiol groups is 1. The van der Waals surface area contributed by atoms with Gasteiger partial charge in [-0.05, 0) is 6.42 Å². The summed E-state index contributed by atoms with van der Waals surface area (Å²) in [7, 11) is 0. The van der Waals surface area contributed by atoms with Crippen molar-refractivity contribution >= 4 is 40.5 Å². The van der Waals surface area contributed by atoms with Crippen LogP contribution in [0.3, 0.4) is 0 Å². The van der Waals surface area contributed by atoms with E-state index in [0.717, 1.165) is 10.5 Å². The summed E-state index contributed by atoms with van der Waals surface area (Å²) in [4.78, 5) is 0. The summed E-state index contributed by atoms with van der Waals surface area (Å²) in [6.07, 6.45) is 4.12. The summed E-state index contributed by atoms with van der Waals surface area (Å²) < 4.78 is 0. The van der Waals surface area contributed by atoms with E-state index in [9.17, 15) is 0 Å². The van der Waals surface area contributed by atoms with E-state index in [1.807, 2.05) is 0 Å². The zero-order chi connectivity index (χ0) is 8.27. The Morgan fingerprint density at radius 3 is 2.64 bits per heavy atom. The lowest BCUT2D eigenvalue weighted by Gasteiger charge is -2.10. The molecule has 1 saturated heterocycles. The minimum Gasteiger partial charge on any atom is -0.130 e. The first-order valence-electron chi connectivity index (χ1n) is 4.06. The lowest BCUT2D eigenvalue weighted by Crippen LogP contribution is -2.10. The van der Waals surface area contributed by atoms with Gasteiger partial charge in [0.15, 0.2) is 0 Å². The molecular weight excluding hydrogens is 211 g/mol. The second kappa shape index (κ2) is 5.26. The Hall–Kier alpha value is 1.48. The molecule has 0 nitrogen and oxygen atoms in total. The van der Waals surface area contributed by atoms with Crippen molar-refractivity contribution < 1.29 is 0 Å². The van der Waals surface area contributed by atoms with Gasteiger partial charge >= 0.3 is 0 Å². The highest BCUT2D eigenvalue weighted by Gasteiger charge is 2.30. The first kappa shape index (κ1) is 10.6. The second-order valence-electron chi connectivity index (χ2n) is 2.83. The van der Waals surface area contributed by atoms with Crippen LogP contribution in [0.1, 0.15) is 33.1 Å². The predicted molar refractivity (Wildman–Crippen MR) is 63.9 cm³/mol. The van der Waals surface area contributed by atoms with E-state index in [2.05, 4.69) is 48.9 Å². The van der Waals surface area contributed by atoms with Crippen LogP contribution in [-0.2, 0) is 0 Å². The zero-order valence-corrected chi connectivity index (χ0v) is 10.4. The summed E-state index contributed by atoms with van der Waals surface area (Å²) in [5.74, 6) is 0. The van der Waals surface area contributed by atoms with Gasteiger partial charge in [-0.25, -0.2) is 0 Å². The van der Waals surface area contributed by atoms with Crippen LogP contribution in [-0.4, -0.2) is 10.5 Å². The van der Waals surface area contributed by atoms with Crippen LogP contribution in [0, 0.1) is 0 Å². The molecule has 0 aliphatic carbocycles. The van der Waals surface area contributed by atoms with Gasteiger partial charge < -0.3 is 0 Å². The molecule has 1 fully saturated rings. The summed E-state index contributed by atoms with van der Waals surface area (Å²) >= 11 is 8.70. The first-order chi connectivity index (χ1) is 5.24. The average Bonchev–Trinajstić information content (AvgIpc) is 2.26. The maximum Gasteiger partial charge on any atom is 0.0703 e. The van der Waals surface area contributed by atoms with Crippen molar-refractivity contribution in [3.63, 3.8) is 0 Å². The molecule has 0 amide bonds. The van der Waals surface area contributed by atoms with E-state index in [0.29, 0.717) is 0 Å². The number of hydrogen-bond donors (Lipinski definition) is 1. The Kier molecular flexibility index (Phi) is 5.05. The van der Waals surface area contributed by atoms with Gasteiger partial charge in [0.1, 0.15) is 0 Å². The Bertz CT molecular complexity index is 120. The highest BCUT2D eigenvalue weighted by atomic mass is 33.4. The molecule has 11 heavy (non-hydrogen) atoms. The van der Waals surface area contributed by atoms with Crippen molar-refractivity contribution in [3.05, 3.63) is 0 Å². The Balaban J connectivity index is 2.23. The lowest BCUT2D eigenvalue weighted by atomic mass is 10.1. The molecule has 0 N–H and O–H groups in total. The molecule has 3 atom stereocenters. The third-order valence-corrected chi connectivity index (χ3v) is 10.1. The van der Waals surface area contributed by atoms with Gasteiger partial charge in [0.05, 0.1) is 5.53 Å². The van der Waals surface area contributed by atoms with Gasteiger partial charge in [0.25, 0.3) is 0 Å². The van der Waals surface area contributed by atoms with E-state index < -0.39 is 0 Å². The topological polar surface area (TPSA) is 0 Å². The molecule has 1 heterocycles. The highest BCUT2D eigenvalue weighted by molar-refractivity contribution is 9.10. The number of hydrogen-bond acceptors (Lipinski definition) is 3. The van der Waals surface area contributed by atoms with Crippen LogP contribution in [0.5, 0.6) is 0 Å². The summed E-state index contributed by atoms with van der Waals surface area (Å²) in [5, 5.41) is 1.73. The third kappa shape index (κ3) is 3.38. The monoisotopic (exact) mass is 226 g/mol. The largest absolute Gasteiger partial charge is 0.130 e. The SMILES string of the molecule is CCCCC1SP(S)SC1C. The highest BCUT2D eigenvalue weighted by Crippen LogP contribution is 2.74. The van der Waals surface area contributed by atoms with Crippen LogP contribution >= 0.6 is 40.5 Å². The molecule has 0 aromatic carbocycles. The minimum atomic E-state index is -0.0325. The molecule has 4 heteroatoms. The van der Waals surface area contributed by atoms with E-state index in [1.54, 1.807) is 0 Å². The van der Waals surface area contributed by atoms with E-state index in [4.69, 9.17) is 0 Å². The molecular formula is C7H15PS3. The second-order valence-corrected chi connectivity index (χ2v) is 12.1. The van der Waals surface area contributed by atoms with Crippen molar-refractivity contribution in [1.29, 1.82) is 0 Å². The maximum atomic E-state index is 4.52. The van der Waals surface area contributed by atoms with Crippen LogP contribution < -0.4 is 0 Å². The number of unbranched alkanes of at least 4 members (excludes halogenated alkanes) is 1. The van der Waals surface area contributed by atoms with Crippen molar-refractivity contribution in [2.24, 2.45) is 0 Å². The van der Waals surface area contributed by atoms with Gasteiger partial charge in [-0.1, -0.05) is 26.7 Å². The molecule has 3 unspecified atom stereocenters. The Morgan fingerprint density at radius 2 is 2.18 bits per heavy atom. The first-order valence-corrected chi connectivity index (χ1v) is 9.53. The third-order valence-electron chi connectivity index (χ3n) is 1.85. The minimum absolute atomic E-state index is 0.0325. The molecule has 1 aliphatic rings. The molecule has 1 aliphatic heterocycles. The fraction of sp³-hybridized carbons (Fsp3) is 1.00. The Labute approximate surface area is 84.1 Å². The number of rotatable bonds is 3. The standard InChI is InChI=1S/C7H15PS3/c1-3-4-5-7-6(2)10-8(9)11-7/h6-7,9H,3-5H2,1-2H3.